The molecule has 0 atom stereocenters. The van der Waals surface area contributed by atoms with Gasteiger partial charge in [-0.15, -0.1) is 24.8 Å². The molecule has 0 saturated heterocycles. The van der Waals surface area contributed by atoms with Crippen LogP contribution < -0.4 is 11.5 Å². The van der Waals surface area contributed by atoms with Gasteiger partial charge in [-0.1, -0.05) is 45.5 Å². The Labute approximate surface area is 154 Å². The molecule has 0 aliphatic carbocycles. The van der Waals surface area contributed by atoms with Crippen LogP contribution in [0.5, 0.6) is 0 Å². The van der Waals surface area contributed by atoms with Crippen LogP contribution in [0.3, 0.4) is 0 Å². The normalized spacial score (nSPS) is 9.48. The van der Waals surface area contributed by atoms with Crippen LogP contribution in [-0.4, -0.2) is 10.3 Å². The number of hydrogen-bond acceptors (Lipinski definition) is 4. The van der Waals surface area contributed by atoms with Crippen LogP contribution in [0.4, 0.5) is 0 Å². The molecular weight excluding hydrogens is 415 g/mol. The van der Waals surface area contributed by atoms with Gasteiger partial charge in [0.15, 0.2) is 10.3 Å². The first-order valence-electron chi connectivity index (χ1n) is 5.54. The lowest BCUT2D eigenvalue weighted by molar-refractivity contribution is 1.19. The maximum absolute atomic E-state index is 7.28. The van der Waals surface area contributed by atoms with E-state index in [1.165, 1.54) is 34.7 Å². The lowest BCUT2D eigenvalue weighted by Gasteiger charge is -2.14. The molecule has 0 bridgehead atoms. The highest BCUT2D eigenvalue weighted by atomic mass is 79.9. The third kappa shape index (κ3) is 7.15. The van der Waals surface area contributed by atoms with E-state index in [4.69, 9.17) is 22.3 Å². The fourth-order valence-electron chi connectivity index (χ4n) is 1.60. The molecule has 0 aliphatic heterocycles. The molecule has 6 N–H and O–H groups in total. The smallest absolute Gasteiger partial charge is 0.151 e. The summed E-state index contributed by atoms with van der Waals surface area (Å²) in [5, 5.41) is 14.8. The van der Waals surface area contributed by atoms with E-state index in [0.29, 0.717) is 11.5 Å². The summed E-state index contributed by atoms with van der Waals surface area (Å²) >= 11 is 6.23. The van der Waals surface area contributed by atoms with E-state index >= 15 is 0 Å². The third-order valence-corrected chi connectivity index (χ3v) is 5.46. The minimum absolute atomic E-state index is 0. The van der Waals surface area contributed by atoms with Gasteiger partial charge in [-0.2, -0.15) is 0 Å². The summed E-state index contributed by atoms with van der Waals surface area (Å²) in [5.74, 6) is 1.36. The average Bonchev–Trinajstić information content (AvgIpc) is 2.33. The fraction of sp³-hybridized carbons (Fsp3) is 0.333. The zero-order chi connectivity index (χ0) is 14.6. The maximum atomic E-state index is 7.28. The first kappa shape index (κ1) is 23.2. The number of benzene rings is 1. The molecule has 1 rings (SSSR count). The highest BCUT2D eigenvalue weighted by Gasteiger charge is 2.11. The van der Waals surface area contributed by atoms with Gasteiger partial charge < -0.3 is 11.5 Å². The second kappa shape index (κ2) is 10.6. The molecule has 0 aliphatic rings. The number of thioether (sulfide) groups is 2. The molecule has 9 heteroatoms. The number of hydrogen-bond donors (Lipinski definition) is 4. The molecule has 21 heavy (non-hydrogen) atoms. The van der Waals surface area contributed by atoms with Gasteiger partial charge >= 0.3 is 0 Å². The molecule has 1 aromatic rings. The Morgan fingerprint density at radius 3 is 1.62 bits per heavy atom. The van der Waals surface area contributed by atoms with Crippen molar-refractivity contribution in [2.24, 2.45) is 11.5 Å². The van der Waals surface area contributed by atoms with Gasteiger partial charge in [-0.3, -0.25) is 10.8 Å². The average molecular weight is 434 g/mol. The SMILES string of the molecule is Cc1c(CSC(=N)N)cc(CSC(=N)N)c(C)c1Br.Cl.Cl. The lowest BCUT2D eigenvalue weighted by atomic mass is 10.0. The van der Waals surface area contributed by atoms with Gasteiger partial charge in [-0.05, 0) is 36.1 Å². The van der Waals surface area contributed by atoms with E-state index in [1.807, 2.05) is 0 Å². The number of rotatable bonds is 4. The predicted molar refractivity (Wildman–Crippen MR) is 105 cm³/mol. The van der Waals surface area contributed by atoms with Crippen LogP contribution in [0, 0.1) is 24.7 Å². The first-order chi connectivity index (χ1) is 8.82. The van der Waals surface area contributed by atoms with Crippen molar-refractivity contribution < 1.29 is 0 Å². The fourth-order valence-corrected chi connectivity index (χ4v) is 3.33. The summed E-state index contributed by atoms with van der Waals surface area (Å²) in [6.07, 6.45) is 0. The summed E-state index contributed by atoms with van der Waals surface area (Å²) < 4.78 is 1.08. The van der Waals surface area contributed by atoms with Crippen LogP contribution in [0.25, 0.3) is 0 Å². The minimum atomic E-state index is 0. The molecule has 0 radical (unpaired) electrons. The van der Waals surface area contributed by atoms with Gasteiger partial charge in [0.2, 0.25) is 0 Å². The molecule has 1 aromatic carbocycles. The molecule has 4 nitrogen and oxygen atoms in total. The Kier molecular flexibility index (Phi) is 11.7. The van der Waals surface area contributed by atoms with Crippen molar-refractivity contribution in [3.05, 3.63) is 32.8 Å². The topological polar surface area (TPSA) is 99.7 Å². The van der Waals surface area contributed by atoms with E-state index in [2.05, 4.69) is 35.8 Å². The summed E-state index contributed by atoms with van der Waals surface area (Å²) in [5.41, 5.74) is 15.4. The van der Waals surface area contributed by atoms with Crippen molar-refractivity contribution in [1.29, 1.82) is 10.8 Å². The minimum Gasteiger partial charge on any atom is -0.379 e. The van der Waals surface area contributed by atoms with Crippen LogP contribution in [0.2, 0.25) is 0 Å². The van der Waals surface area contributed by atoms with Gasteiger partial charge in [-0.25, -0.2) is 0 Å². The summed E-state index contributed by atoms with van der Waals surface area (Å²) in [6, 6.07) is 2.11. The van der Waals surface area contributed by atoms with Crippen LogP contribution in [0.15, 0.2) is 10.5 Å². The Morgan fingerprint density at radius 2 is 1.33 bits per heavy atom. The molecule has 0 saturated carbocycles. The second-order valence-corrected chi connectivity index (χ2v) is 6.89. The van der Waals surface area contributed by atoms with Crippen molar-refractivity contribution in [2.75, 3.05) is 0 Å². The molecule has 0 unspecified atom stereocenters. The van der Waals surface area contributed by atoms with Gasteiger partial charge in [0.1, 0.15) is 0 Å². The Bertz CT molecular complexity index is 484. The van der Waals surface area contributed by atoms with Crippen molar-refractivity contribution in [3.8, 4) is 0 Å². The summed E-state index contributed by atoms with van der Waals surface area (Å²) in [6.45, 7) is 4.10. The largest absolute Gasteiger partial charge is 0.379 e. The van der Waals surface area contributed by atoms with Crippen molar-refractivity contribution in [3.63, 3.8) is 0 Å². The molecule has 0 heterocycles. The lowest BCUT2D eigenvalue weighted by Crippen LogP contribution is -2.06. The number of nitrogens with one attached hydrogen (secondary N) is 2. The monoisotopic (exact) mass is 432 g/mol. The van der Waals surface area contributed by atoms with E-state index < -0.39 is 0 Å². The van der Waals surface area contributed by atoms with Crippen molar-refractivity contribution >= 4 is 74.6 Å². The zero-order valence-electron chi connectivity index (χ0n) is 11.7. The molecule has 0 aromatic heterocycles. The summed E-state index contributed by atoms with van der Waals surface area (Å²) in [7, 11) is 0. The van der Waals surface area contributed by atoms with Crippen LogP contribution in [0.1, 0.15) is 22.3 Å². The number of halogens is 3. The number of amidine groups is 2. The standard InChI is InChI=1S/C12H17BrN4S2.2ClH/c1-6-8(4-18-11(14)15)3-9(5-19-12(16)17)7(2)10(6)13;;/h3H,4-5H2,1-2H3,(H3,14,15)(H3,16,17);2*1H. The number of nitrogens with two attached hydrogens (primary N) is 2. The molecule has 0 spiro atoms. The maximum Gasteiger partial charge on any atom is 0.151 e. The first-order valence-corrected chi connectivity index (χ1v) is 8.30. The predicted octanol–water partition coefficient (Wildman–Crippen LogP) is 4.16. The van der Waals surface area contributed by atoms with Crippen LogP contribution >= 0.6 is 64.3 Å². The molecular formula is C12H19BrCl2N4S2. The molecule has 0 amide bonds. The van der Waals surface area contributed by atoms with E-state index in [9.17, 15) is 0 Å². The zero-order valence-corrected chi connectivity index (χ0v) is 16.5. The van der Waals surface area contributed by atoms with Gasteiger partial charge in [0.05, 0.1) is 0 Å². The van der Waals surface area contributed by atoms with E-state index in [1.54, 1.807) is 0 Å². The molecule has 0 fully saturated rings. The van der Waals surface area contributed by atoms with Crippen LogP contribution in [-0.2, 0) is 11.5 Å². The Morgan fingerprint density at radius 1 is 1.00 bits per heavy atom. The Hall–Kier alpha value is -0.0800. The Balaban J connectivity index is 0. The quantitative estimate of drug-likeness (QED) is 0.422. The summed E-state index contributed by atoms with van der Waals surface area (Å²) in [4.78, 5) is 0. The second-order valence-electron chi connectivity index (χ2n) is 4.06. The van der Waals surface area contributed by atoms with Crippen molar-refractivity contribution in [1.82, 2.24) is 0 Å². The van der Waals surface area contributed by atoms with Gasteiger partial charge in [0.25, 0.3) is 0 Å². The van der Waals surface area contributed by atoms with Crippen molar-refractivity contribution in [2.45, 2.75) is 25.4 Å². The highest BCUT2D eigenvalue weighted by Crippen LogP contribution is 2.31. The third-order valence-electron chi connectivity index (χ3n) is 2.74. The van der Waals surface area contributed by atoms with Gasteiger partial charge in [0, 0.05) is 16.0 Å². The van der Waals surface area contributed by atoms with E-state index in [-0.39, 0.29) is 35.1 Å². The highest BCUT2D eigenvalue weighted by molar-refractivity contribution is 9.10. The molecule has 120 valence electrons. The van der Waals surface area contributed by atoms with E-state index in [0.717, 1.165) is 15.6 Å².